The maximum Gasteiger partial charge on any atom is 0.251 e. The van der Waals surface area contributed by atoms with Crippen LogP contribution < -0.4 is 5.32 Å². The minimum atomic E-state index is -1.41. The van der Waals surface area contributed by atoms with Gasteiger partial charge in [0.1, 0.15) is 5.54 Å². The lowest BCUT2D eigenvalue weighted by Gasteiger charge is -2.28. The van der Waals surface area contributed by atoms with Gasteiger partial charge in [0.15, 0.2) is 0 Å². The second-order valence-electron chi connectivity index (χ2n) is 4.34. The smallest absolute Gasteiger partial charge is 0.251 e. The van der Waals surface area contributed by atoms with Crippen molar-refractivity contribution in [1.82, 2.24) is 5.32 Å². The number of amides is 1. The van der Waals surface area contributed by atoms with Crippen molar-refractivity contribution >= 4 is 5.91 Å². The first-order valence-electron chi connectivity index (χ1n) is 5.84. The monoisotopic (exact) mass is 269 g/mol. The third kappa shape index (κ3) is 4.00. The summed E-state index contributed by atoms with van der Waals surface area (Å²) in [6.45, 7) is -1.19. The van der Waals surface area contributed by atoms with Crippen LogP contribution in [0.3, 0.4) is 0 Å². The third-order valence-electron chi connectivity index (χ3n) is 2.81. The van der Waals surface area contributed by atoms with Crippen molar-refractivity contribution in [3.8, 4) is 0 Å². The summed E-state index contributed by atoms with van der Waals surface area (Å²) in [7, 11) is 1.58. The average molecular weight is 269 g/mol. The molecule has 0 atom stereocenters. The Labute approximate surface area is 111 Å². The summed E-state index contributed by atoms with van der Waals surface area (Å²) in [5.41, 5.74) is -0.112. The zero-order chi connectivity index (χ0) is 14.3. The summed E-state index contributed by atoms with van der Waals surface area (Å²) >= 11 is 0. The van der Waals surface area contributed by atoms with Crippen molar-refractivity contribution in [1.29, 1.82) is 0 Å². The van der Waals surface area contributed by atoms with E-state index < -0.39 is 31.3 Å². The van der Waals surface area contributed by atoms with Gasteiger partial charge in [0.2, 0.25) is 0 Å². The second kappa shape index (κ2) is 7.20. The van der Waals surface area contributed by atoms with Gasteiger partial charge < -0.3 is 25.4 Å². The Balaban J connectivity index is 2.77. The van der Waals surface area contributed by atoms with Crippen molar-refractivity contribution in [2.75, 3.05) is 26.9 Å². The van der Waals surface area contributed by atoms with Crippen LogP contribution in [0.2, 0.25) is 0 Å². The van der Waals surface area contributed by atoms with Crippen LogP contribution in [-0.2, 0) is 11.3 Å². The van der Waals surface area contributed by atoms with E-state index >= 15 is 0 Å². The molecule has 0 saturated carbocycles. The number of nitrogens with one attached hydrogen (secondary N) is 1. The van der Waals surface area contributed by atoms with Gasteiger partial charge in [-0.05, 0) is 17.7 Å². The molecular formula is C13H19NO5. The Morgan fingerprint density at radius 2 is 1.68 bits per heavy atom. The van der Waals surface area contributed by atoms with Crippen molar-refractivity contribution in [2.45, 2.75) is 12.1 Å². The van der Waals surface area contributed by atoms with Crippen molar-refractivity contribution in [3.05, 3.63) is 35.4 Å². The molecule has 6 heteroatoms. The van der Waals surface area contributed by atoms with Gasteiger partial charge >= 0.3 is 0 Å². The predicted octanol–water partition coefficient (Wildman–Crippen LogP) is -0.721. The van der Waals surface area contributed by atoms with Crippen LogP contribution in [0, 0.1) is 0 Å². The molecule has 0 unspecified atom stereocenters. The largest absolute Gasteiger partial charge is 0.394 e. The average Bonchev–Trinajstić information content (AvgIpc) is 2.46. The Morgan fingerprint density at radius 1 is 1.16 bits per heavy atom. The number of benzene rings is 1. The lowest BCUT2D eigenvalue weighted by atomic mass is 10.0. The molecule has 0 aromatic heterocycles. The van der Waals surface area contributed by atoms with Gasteiger partial charge in [-0.25, -0.2) is 0 Å². The zero-order valence-electron chi connectivity index (χ0n) is 10.8. The number of aliphatic hydroxyl groups excluding tert-OH is 3. The first-order valence-corrected chi connectivity index (χ1v) is 5.84. The maximum atomic E-state index is 11.9. The van der Waals surface area contributed by atoms with Crippen molar-refractivity contribution < 1.29 is 24.9 Å². The molecule has 0 fully saturated rings. The summed E-state index contributed by atoms with van der Waals surface area (Å²) in [4.78, 5) is 11.9. The summed E-state index contributed by atoms with van der Waals surface area (Å²) < 4.78 is 4.96. The number of aliphatic hydroxyl groups is 3. The molecule has 1 aromatic rings. The number of ether oxygens (including phenoxy) is 1. The SMILES string of the molecule is COCc1ccc(C(=O)NC(CO)(CO)CO)cc1. The standard InChI is InChI=1S/C13H19NO5/c1-19-6-10-2-4-11(5-3-10)12(18)14-13(7-15,8-16)9-17/h2-5,15-17H,6-9H2,1H3,(H,14,18). The molecule has 0 aliphatic heterocycles. The molecule has 6 nitrogen and oxygen atoms in total. The number of hydrogen-bond donors (Lipinski definition) is 4. The molecule has 19 heavy (non-hydrogen) atoms. The molecule has 1 aromatic carbocycles. The fourth-order valence-corrected chi connectivity index (χ4v) is 1.50. The lowest BCUT2D eigenvalue weighted by molar-refractivity contribution is 0.0375. The van der Waals surface area contributed by atoms with E-state index in [4.69, 9.17) is 20.1 Å². The summed E-state index contributed by atoms with van der Waals surface area (Å²) in [6, 6.07) is 6.72. The molecular weight excluding hydrogens is 250 g/mol. The fourth-order valence-electron chi connectivity index (χ4n) is 1.50. The normalized spacial score (nSPS) is 11.4. The van der Waals surface area contributed by atoms with Crippen LogP contribution in [0.1, 0.15) is 15.9 Å². The molecule has 0 aliphatic carbocycles. The van der Waals surface area contributed by atoms with E-state index in [1.807, 2.05) is 0 Å². The van der Waals surface area contributed by atoms with Crippen LogP contribution in [0.4, 0.5) is 0 Å². The van der Waals surface area contributed by atoms with Gasteiger partial charge in [-0.15, -0.1) is 0 Å². The zero-order valence-corrected chi connectivity index (χ0v) is 10.8. The van der Waals surface area contributed by atoms with Gasteiger partial charge in [-0.1, -0.05) is 12.1 Å². The van der Waals surface area contributed by atoms with E-state index in [0.29, 0.717) is 12.2 Å². The third-order valence-corrected chi connectivity index (χ3v) is 2.81. The van der Waals surface area contributed by atoms with Crippen molar-refractivity contribution in [3.63, 3.8) is 0 Å². The number of rotatable bonds is 7. The lowest BCUT2D eigenvalue weighted by Crippen LogP contribution is -2.57. The molecule has 0 radical (unpaired) electrons. The van der Waals surface area contributed by atoms with Crippen molar-refractivity contribution in [2.24, 2.45) is 0 Å². The van der Waals surface area contributed by atoms with Crippen LogP contribution in [0.25, 0.3) is 0 Å². The van der Waals surface area contributed by atoms with Gasteiger partial charge in [0.05, 0.1) is 26.4 Å². The minimum absolute atomic E-state index is 0.375. The Kier molecular flexibility index (Phi) is 5.91. The van der Waals surface area contributed by atoms with Gasteiger partial charge in [-0.2, -0.15) is 0 Å². The van der Waals surface area contributed by atoms with E-state index in [-0.39, 0.29) is 0 Å². The van der Waals surface area contributed by atoms with Gasteiger partial charge in [0, 0.05) is 12.7 Å². The molecule has 0 heterocycles. The van der Waals surface area contributed by atoms with Gasteiger partial charge in [-0.3, -0.25) is 4.79 Å². The Hall–Kier alpha value is -1.47. The Morgan fingerprint density at radius 3 is 2.11 bits per heavy atom. The molecule has 0 aliphatic rings. The molecule has 4 N–H and O–H groups in total. The highest BCUT2D eigenvalue weighted by Crippen LogP contribution is 2.08. The summed E-state index contributed by atoms with van der Waals surface area (Å²) in [5, 5.41) is 29.8. The summed E-state index contributed by atoms with van der Waals surface area (Å²) in [6.07, 6.45) is 0. The number of methoxy groups -OCH3 is 1. The van der Waals surface area contributed by atoms with Crippen LogP contribution in [0.5, 0.6) is 0 Å². The number of hydrogen-bond acceptors (Lipinski definition) is 5. The predicted molar refractivity (Wildman–Crippen MR) is 68.6 cm³/mol. The molecule has 106 valence electrons. The van der Waals surface area contributed by atoms with E-state index in [1.165, 1.54) is 0 Å². The highest BCUT2D eigenvalue weighted by Gasteiger charge is 2.30. The maximum absolute atomic E-state index is 11.9. The fraction of sp³-hybridized carbons (Fsp3) is 0.462. The van der Waals surface area contributed by atoms with Gasteiger partial charge in [0.25, 0.3) is 5.91 Å². The highest BCUT2D eigenvalue weighted by atomic mass is 16.5. The van der Waals surface area contributed by atoms with Crippen LogP contribution >= 0.6 is 0 Å². The van der Waals surface area contributed by atoms with E-state index in [9.17, 15) is 4.79 Å². The minimum Gasteiger partial charge on any atom is -0.394 e. The van der Waals surface area contributed by atoms with E-state index in [2.05, 4.69) is 5.32 Å². The topological polar surface area (TPSA) is 99.0 Å². The number of carbonyl (C=O) groups excluding carboxylic acids is 1. The first kappa shape index (κ1) is 15.6. The van der Waals surface area contributed by atoms with Crippen LogP contribution in [0.15, 0.2) is 24.3 Å². The molecule has 0 saturated heterocycles. The number of carbonyl (C=O) groups is 1. The highest BCUT2D eigenvalue weighted by molar-refractivity contribution is 5.94. The van der Waals surface area contributed by atoms with Crippen LogP contribution in [-0.4, -0.2) is 53.7 Å². The molecule has 1 amide bonds. The summed E-state index contributed by atoms with van der Waals surface area (Å²) in [5.74, 6) is -0.471. The van der Waals surface area contributed by atoms with E-state index in [0.717, 1.165) is 5.56 Å². The second-order valence-corrected chi connectivity index (χ2v) is 4.34. The van der Waals surface area contributed by atoms with E-state index in [1.54, 1.807) is 31.4 Å². The quantitative estimate of drug-likeness (QED) is 0.523. The molecule has 0 bridgehead atoms. The molecule has 1 rings (SSSR count). The first-order chi connectivity index (χ1) is 9.10. The molecule has 0 spiro atoms. The Bertz CT molecular complexity index is 392.